The van der Waals surface area contributed by atoms with E-state index in [2.05, 4.69) is 44.7 Å². The predicted octanol–water partition coefficient (Wildman–Crippen LogP) is 5.15. The van der Waals surface area contributed by atoms with Gasteiger partial charge in [-0.15, -0.1) is 0 Å². The van der Waals surface area contributed by atoms with Gasteiger partial charge in [0.1, 0.15) is 18.5 Å². The molecule has 0 saturated heterocycles. The SMILES string of the molecule is C=C=O.C=O.CC.COc1cccc(C)c1.Cc1ccc(C)cc1. The van der Waals surface area contributed by atoms with Crippen molar-refractivity contribution in [1.82, 2.24) is 0 Å². The monoisotopic (exact) mass is 330 g/mol. The average Bonchev–Trinajstić information content (AvgIpc) is 2.62. The number of ether oxygens (including phenoxy) is 1. The Bertz CT molecular complexity index is 518. The molecule has 132 valence electrons. The van der Waals surface area contributed by atoms with Gasteiger partial charge in [0.2, 0.25) is 0 Å². The minimum absolute atomic E-state index is 0.926. The highest BCUT2D eigenvalue weighted by Crippen LogP contribution is 2.10. The van der Waals surface area contributed by atoms with E-state index in [-0.39, 0.29) is 0 Å². The third kappa shape index (κ3) is 17.4. The molecule has 0 aliphatic heterocycles. The molecule has 0 bridgehead atoms. The van der Waals surface area contributed by atoms with Gasteiger partial charge in [-0.25, -0.2) is 4.79 Å². The molecular weight excluding hydrogens is 300 g/mol. The standard InChI is InChI=1S/C8H10O.C8H10.C2H2O.C2H6.CH2O/c1-7-4-3-5-8(6-7)9-2;1-7-3-5-8(2)6-4-7;1-2-3;2*1-2/h3-6H,1-2H3;3-6H,1-2H3;1H2;1-2H3;1H2. The Kier molecular flexibility index (Phi) is 22.3. The van der Waals surface area contributed by atoms with Crippen molar-refractivity contribution in [3.05, 3.63) is 71.8 Å². The minimum Gasteiger partial charge on any atom is -0.497 e. The number of hydrogen-bond acceptors (Lipinski definition) is 3. The summed E-state index contributed by atoms with van der Waals surface area (Å²) in [6, 6.07) is 16.4. The lowest BCUT2D eigenvalue weighted by atomic mass is 10.2. The molecule has 0 unspecified atom stereocenters. The van der Waals surface area contributed by atoms with Crippen LogP contribution in [0.3, 0.4) is 0 Å². The van der Waals surface area contributed by atoms with Crippen LogP contribution in [-0.2, 0) is 9.59 Å². The van der Waals surface area contributed by atoms with Crippen LogP contribution in [0.1, 0.15) is 30.5 Å². The van der Waals surface area contributed by atoms with Gasteiger partial charge in [0.15, 0.2) is 0 Å². The fourth-order valence-electron chi connectivity index (χ4n) is 1.38. The number of carbonyl (C=O) groups is 1. The van der Waals surface area contributed by atoms with Crippen LogP contribution in [0.15, 0.2) is 55.1 Å². The van der Waals surface area contributed by atoms with Crippen molar-refractivity contribution in [2.24, 2.45) is 0 Å². The normalized spacial score (nSPS) is 7.25. The van der Waals surface area contributed by atoms with Crippen molar-refractivity contribution >= 4 is 12.7 Å². The lowest BCUT2D eigenvalue weighted by Gasteiger charge is -1.97. The summed E-state index contributed by atoms with van der Waals surface area (Å²) >= 11 is 0. The van der Waals surface area contributed by atoms with E-state index in [0.29, 0.717) is 0 Å². The van der Waals surface area contributed by atoms with Crippen LogP contribution in [0, 0.1) is 20.8 Å². The van der Waals surface area contributed by atoms with Gasteiger partial charge < -0.3 is 9.53 Å². The summed E-state index contributed by atoms with van der Waals surface area (Å²) in [7, 11) is 1.68. The Labute approximate surface area is 147 Å². The lowest BCUT2D eigenvalue weighted by Crippen LogP contribution is -1.81. The second kappa shape index (κ2) is 20.4. The first-order valence-electron chi connectivity index (χ1n) is 7.60. The first-order chi connectivity index (χ1) is 11.5. The Morgan fingerprint density at radius 3 is 1.46 bits per heavy atom. The number of hydrogen-bond donors (Lipinski definition) is 0. The van der Waals surface area contributed by atoms with Gasteiger partial charge in [-0.3, -0.25) is 0 Å². The van der Waals surface area contributed by atoms with E-state index < -0.39 is 0 Å². The van der Waals surface area contributed by atoms with E-state index in [1.54, 1.807) is 7.11 Å². The fourth-order valence-corrected chi connectivity index (χ4v) is 1.38. The fraction of sp³-hybridized carbons (Fsp3) is 0.286. The quantitative estimate of drug-likeness (QED) is 0.679. The third-order valence-electron chi connectivity index (χ3n) is 2.44. The maximum Gasteiger partial charge on any atom is 0.119 e. The molecule has 0 N–H and O–H groups in total. The lowest BCUT2D eigenvalue weighted by molar-refractivity contribution is -0.0979. The predicted molar refractivity (Wildman–Crippen MR) is 103 cm³/mol. The number of benzene rings is 2. The molecule has 0 aliphatic rings. The Morgan fingerprint density at radius 1 is 0.833 bits per heavy atom. The van der Waals surface area contributed by atoms with Gasteiger partial charge in [0.25, 0.3) is 0 Å². The third-order valence-corrected chi connectivity index (χ3v) is 2.44. The molecule has 3 nitrogen and oxygen atoms in total. The van der Waals surface area contributed by atoms with Gasteiger partial charge in [-0.05, 0) is 45.0 Å². The minimum atomic E-state index is 0.926. The first-order valence-corrected chi connectivity index (χ1v) is 7.60. The average molecular weight is 330 g/mol. The number of aryl methyl sites for hydroxylation is 3. The van der Waals surface area contributed by atoms with Crippen LogP contribution >= 0.6 is 0 Å². The number of rotatable bonds is 1. The van der Waals surface area contributed by atoms with E-state index in [1.807, 2.05) is 51.8 Å². The zero-order chi connectivity index (χ0) is 19.4. The highest BCUT2D eigenvalue weighted by molar-refractivity contribution is 5.38. The van der Waals surface area contributed by atoms with Crippen molar-refractivity contribution in [2.75, 3.05) is 7.11 Å². The molecule has 0 aromatic heterocycles. The highest BCUT2D eigenvalue weighted by atomic mass is 16.5. The summed E-state index contributed by atoms with van der Waals surface area (Å²) in [6.07, 6.45) is 0. The molecule has 0 atom stereocenters. The van der Waals surface area contributed by atoms with Crippen LogP contribution in [0.4, 0.5) is 0 Å². The van der Waals surface area contributed by atoms with Crippen molar-refractivity contribution in [3.8, 4) is 5.75 Å². The van der Waals surface area contributed by atoms with Crippen LogP contribution in [0.5, 0.6) is 5.75 Å². The number of carbonyl (C=O) groups excluding carboxylic acids is 2. The van der Waals surface area contributed by atoms with E-state index in [4.69, 9.17) is 14.3 Å². The molecule has 2 rings (SSSR count). The van der Waals surface area contributed by atoms with Gasteiger partial charge in [0.05, 0.1) is 7.11 Å². The molecule has 0 spiro atoms. The zero-order valence-corrected chi connectivity index (χ0v) is 15.8. The Hall–Kier alpha value is -2.64. The maximum absolute atomic E-state index is 8.57. The summed E-state index contributed by atoms with van der Waals surface area (Å²) in [5.41, 5.74) is 3.89. The molecule has 3 heteroatoms. The molecule has 2 aromatic carbocycles. The maximum atomic E-state index is 8.57. The molecule has 0 radical (unpaired) electrons. The van der Waals surface area contributed by atoms with E-state index >= 15 is 0 Å². The molecule has 0 fully saturated rings. The van der Waals surface area contributed by atoms with E-state index in [1.165, 1.54) is 22.6 Å². The molecule has 0 saturated carbocycles. The molecule has 0 aliphatic carbocycles. The van der Waals surface area contributed by atoms with Gasteiger partial charge in [-0.2, -0.15) is 0 Å². The zero-order valence-electron chi connectivity index (χ0n) is 15.8. The summed E-state index contributed by atoms with van der Waals surface area (Å²) in [5, 5.41) is 0. The number of methoxy groups -OCH3 is 1. The van der Waals surface area contributed by atoms with Crippen LogP contribution < -0.4 is 4.74 Å². The topological polar surface area (TPSA) is 43.4 Å². The van der Waals surface area contributed by atoms with Crippen molar-refractivity contribution < 1.29 is 14.3 Å². The highest BCUT2D eigenvalue weighted by Gasteiger charge is 1.86. The largest absolute Gasteiger partial charge is 0.497 e. The van der Waals surface area contributed by atoms with Crippen LogP contribution in [-0.4, -0.2) is 19.8 Å². The van der Waals surface area contributed by atoms with Crippen molar-refractivity contribution in [1.29, 1.82) is 0 Å². The Morgan fingerprint density at radius 2 is 1.21 bits per heavy atom. The Balaban J connectivity index is -0.000000270. The molecule has 0 amide bonds. The summed E-state index contributed by atoms with van der Waals surface area (Å²) in [4.78, 5) is 16.6. The van der Waals surface area contributed by atoms with Gasteiger partial charge in [-0.1, -0.05) is 61.4 Å². The molecule has 24 heavy (non-hydrogen) atoms. The van der Waals surface area contributed by atoms with Crippen molar-refractivity contribution in [3.63, 3.8) is 0 Å². The second-order valence-corrected chi connectivity index (χ2v) is 4.32. The molecule has 2 aromatic rings. The van der Waals surface area contributed by atoms with E-state index in [0.717, 1.165) is 5.75 Å². The molecular formula is C21H30O3. The first kappa shape index (κ1) is 26.3. The summed E-state index contributed by atoms with van der Waals surface area (Å²) < 4.78 is 5.00. The summed E-state index contributed by atoms with van der Waals surface area (Å²) in [5.74, 6) is 2.18. The van der Waals surface area contributed by atoms with Gasteiger partial charge in [0, 0.05) is 0 Å². The molecule has 0 heterocycles. The van der Waals surface area contributed by atoms with Crippen molar-refractivity contribution in [2.45, 2.75) is 34.6 Å². The van der Waals surface area contributed by atoms with Gasteiger partial charge >= 0.3 is 0 Å². The smallest absolute Gasteiger partial charge is 0.119 e. The summed E-state index contributed by atoms with van der Waals surface area (Å²) in [6.45, 7) is 14.9. The van der Waals surface area contributed by atoms with E-state index in [9.17, 15) is 0 Å². The van der Waals surface area contributed by atoms with Crippen LogP contribution in [0.2, 0.25) is 0 Å². The van der Waals surface area contributed by atoms with Crippen LogP contribution in [0.25, 0.3) is 0 Å². The second-order valence-electron chi connectivity index (χ2n) is 4.32.